The Morgan fingerprint density at radius 3 is 2.18 bits per heavy atom. The number of carbonyl (C=O) groups is 4. The van der Waals surface area contributed by atoms with Crippen molar-refractivity contribution in [2.45, 2.75) is 129 Å². The van der Waals surface area contributed by atoms with Crippen molar-refractivity contribution < 1.29 is 29.0 Å². The van der Waals surface area contributed by atoms with E-state index in [0.717, 1.165) is 51.4 Å². The zero-order valence-electron chi connectivity index (χ0n) is 24.6. The van der Waals surface area contributed by atoms with E-state index < -0.39 is 35.9 Å². The molecule has 1 aliphatic heterocycles. The lowest BCUT2D eigenvalue weighted by molar-refractivity contribution is -0.144. The minimum Gasteiger partial charge on any atom is -0.444 e. The Morgan fingerprint density at radius 2 is 1.64 bits per heavy atom. The fourth-order valence-electron chi connectivity index (χ4n) is 7.18. The first kappa shape index (κ1) is 29.8. The Hall–Kier alpha value is -2.16. The highest BCUT2D eigenvalue weighted by Gasteiger charge is 2.69. The summed E-state index contributed by atoms with van der Waals surface area (Å²) in [5.74, 6) is -0.378. The van der Waals surface area contributed by atoms with Crippen LogP contribution in [-0.2, 0) is 19.1 Å². The number of likely N-dealkylation sites (tertiary alicyclic amines) is 1. The van der Waals surface area contributed by atoms with E-state index in [4.69, 9.17) is 4.74 Å². The van der Waals surface area contributed by atoms with Gasteiger partial charge in [0.25, 0.3) is 0 Å². The maximum absolute atomic E-state index is 14.2. The van der Waals surface area contributed by atoms with Gasteiger partial charge in [-0.2, -0.15) is 0 Å². The van der Waals surface area contributed by atoms with Gasteiger partial charge in [0.15, 0.2) is 5.78 Å². The van der Waals surface area contributed by atoms with Gasteiger partial charge >= 0.3 is 6.09 Å². The molecule has 9 heteroatoms. The standard InChI is InChI=1S/C30H49N3O6/c1-17(34)25(35)21(15-18-11-10-12-18)31-26(36)24-22-20(30(22,5)6)16-33(24)27(37)23(19-13-8-7-9-14-19)32-28(38)39-29(2,3)4/h18-25,35H,7-16H2,1-6H3,(H,31,36)(H,32,38)/t20?,21?,22?,23-,24-,25?/m0/s1. The Balaban J connectivity index is 1.55. The Morgan fingerprint density at radius 1 is 1.00 bits per heavy atom. The minimum absolute atomic E-state index is 0.00573. The van der Waals surface area contributed by atoms with Gasteiger partial charge in [-0.15, -0.1) is 0 Å². The van der Waals surface area contributed by atoms with Crippen molar-refractivity contribution in [1.29, 1.82) is 0 Å². The molecule has 4 fully saturated rings. The van der Waals surface area contributed by atoms with E-state index in [-0.39, 0.29) is 40.8 Å². The topological polar surface area (TPSA) is 125 Å². The normalized spacial score (nSPS) is 28.9. The number of amides is 3. The number of ether oxygens (including phenoxy) is 1. The van der Waals surface area contributed by atoms with E-state index >= 15 is 0 Å². The molecule has 4 aliphatic rings. The number of ketones is 1. The lowest BCUT2D eigenvalue weighted by Crippen LogP contribution is -2.60. The number of nitrogens with one attached hydrogen (secondary N) is 2. The predicted octanol–water partition coefficient (Wildman–Crippen LogP) is 3.57. The second-order valence-electron chi connectivity index (χ2n) is 14.1. The molecule has 39 heavy (non-hydrogen) atoms. The predicted molar refractivity (Wildman–Crippen MR) is 147 cm³/mol. The van der Waals surface area contributed by atoms with Crippen LogP contribution in [0, 0.1) is 29.1 Å². The first-order chi connectivity index (χ1) is 18.2. The second-order valence-corrected chi connectivity index (χ2v) is 14.1. The molecular weight excluding hydrogens is 498 g/mol. The number of hydrogen-bond acceptors (Lipinski definition) is 6. The van der Waals surface area contributed by atoms with E-state index in [1.165, 1.54) is 6.92 Å². The summed E-state index contributed by atoms with van der Waals surface area (Å²) < 4.78 is 5.50. The zero-order chi connectivity index (χ0) is 28.7. The van der Waals surface area contributed by atoms with Crippen molar-refractivity contribution in [2.24, 2.45) is 29.1 Å². The lowest BCUT2D eigenvalue weighted by Gasteiger charge is -2.38. The summed E-state index contributed by atoms with van der Waals surface area (Å²) in [6.45, 7) is 11.4. The van der Waals surface area contributed by atoms with Crippen LogP contribution in [0.1, 0.15) is 99.3 Å². The number of nitrogens with zero attached hydrogens (tertiary/aromatic N) is 1. The Kier molecular flexibility index (Phi) is 8.70. The molecule has 0 aromatic rings. The molecule has 4 unspecified atom stereocenters. The van der Waals surface area contributed by atoms with Crippen LogP contribution < -0.4 is 10.6 Å². The molecule has 0 spiro atoms. The summed E-state index contributed by atoms with van der Waals surface area (Å²) in [6.07, 6.45) is 6.62. The van der Waals surface area contributed by atoms with Crippen LogP contribution in [0.5, 0.6) is 0 Å². The van der Waals surface area contributed by atoms with Crippen molar-refractivity contribution in [3.8, 4) is 0 Å². The minimum atomic E-state index is -1.27. The SMILES string of the molecule is CC(=O)C(O)C(CC1CCC1)NC(=O)[C@@H]1C2C(CN1C(=O)[C@@H](NC(=O)OC(C)(C)C)C1CCCCC1)C2(C)C. The molecule has 4 rings (SSSR count). The van der Waals surface area contributed by atoms with E-state index in [2.05, 4.69) is 24.5 Å². The number of aliphatic hydroxyl groups excluding tert-OH is 1. The van der Waals surface area contributed by atoms with Crippen molar-refractivity contribution in [2.75, 3.05) is 6.54 Å². The Bertz CT molecular complexity index is 949. The number of hydrogen-bond donors (Lipinski definition) is 3. The van der Waals surface area contributed by atoms with Crippen LogP contribution in [0.4, 0.5) is 4.79 Å². The molecule has 1 saturated heterocycles. The monoisotopic (exact) mass is 547 g/mol. The molecule has 0 aromatic carbocycles. The van der Waals surface area contributed by atoms with Crippen molar-refractivity contribution in [3.63, 3.8) is 0 Å². The van der Waals surface area contributed by atoms with Gasteiger partial charge in [0.1, 0.15) is 23.8 Å². The van der Waals surface area contributed by atoms with Gasteiger partial charge < -0.3 is 25.4 Å². The van der Waals surface area contributed by atoms with Gasteiger partial charge in [-0.3, -0.25) is 14.4 Å². The van der Waals surface area contributed by atoms with Crippen LogP contribution in [0.15, 0.2) is 0 Å². The third-order valence-corrected chi connectivity index (χ3v) is 9.76. The molecule has 9 nitrogen and oxygen atoms in total. The fourth-order valence-corrected chi connectivity index (χ4v) is 7.18. The molecule has 0 aromatic heterocycles. The third-order valence-electron chi connectivity index (χ3n) is 9.76. The van der Waals surface area contributed by atoms with Crippen LogP contribution in [0.25, 0.3) is 0 Å². The molecule has 3 amide bonds. The number of aliphatic hydroxyl groups is 1. The van der Waals surface area contributed by atoms with Crippen molar-refractivity contribution in [1.82, 2.24) is 15.5 Å². The maximum Gasteiger partial charge on any atom is 0.408 e. The van der Waals surface area contributed by atoms with E-state index in [0.29, 0.717) is 18.9 Å². The quantitative estimate of drug-likeness (QED) is 0.405. The molecule has 220 valence electrons. The number of alkyl carbamates (subject to hydrolysis) is 1. The number of Topliss-reactive ketones (excluding diaryl/α,β-unsaturated/α-hetero) is 1. The lowest BCUT2D eigenvalue weighted by atomic mass is 9.79. The fraction of sp³-hybridized carbons (Fsp3) is 0.867. The molecule has 1 heterocycles. The van der Waals surface area contributed by atoms with Crippen LogP contribution in [0.3, 0.4) is 0 Å². The van der Waals surface area contributed by atoms with Gasteiger partial charge in [0.05, 0.1) is 6.04 Å². The van der Waals surface area contributed by atoms with Crippen LogP contribution >= 0.6 is 0 Å². The highest BCUT2D eigenvalue weighted by Crippen LogP contribution is 2.65. The maximum atomic E-state index is 14.2. The summed E-state index contributed by atoms with van der Waals surface area (Å²) in [6, 6.07) is -2.14. The molecule has 3 aliphatic carbocycles. The molecule has 3 saturated carbocycles. The van der Waals surface area contributed by atoms with Crippen LogP contribution in [0.2, 0.25) is 0 Å². The summed E-state index contributed by atoms with van der Waals surface area (Å²) in [7, 11) is 0. The highest BCUT2D eigenvalue weighted by atomic mass is 16.6. The van der Waals surface area contributed by atoms with E-state index in [1.54, 1.807) is 25.7 Å². The Labute approximate surface area is 233 Å². The van der Waals surface area contributed by atoms with Crippen molar-refractivity contribution >= 4 is 23.7 Å². The van der Waals surface area contributed by atoms with E-state index in [1.807, 2.05) is 0 Å². The summed E-state index contributed by atoms with van der Waals surface area (Å²) >= 11 is 0. The number of carbonyl (C=O) groups excluding carboxylic acids is 4. The van der Waals surface area contributed by atoms with Gasteiger partial charge in [-0.05, 0) is 76.0 Å². The van der Waals surface area contributed by atoms with Gasteiger partial charge in [0, 0.05) is 6.54 Å². The number of piperidine rings is 1. The average molecular weight is 548 g/mol. The number of rotatable bonds is 9. The van der Waals surface area contributed by atoms with Crippen LogP contribution in [-0.4, -0.2) is 70.1 Å². The molecular formula is C30H49N3O6. The second kappa shape index (κ2) is 11.4. The third kappa shape index (κ3) is 6.60. The zero-order valence-corrected chi connectivity index (χ0v) is 24.6. The molecule has 0 bridgehead atoms. The molecule has 0 radical (unpaired) electrons. The largest absolute Gasteiger partial charge is 0.444 e. The first-order valence-corrected chi connectivity index (χ1v) is 15.0. The molecule has 3 N–H and O–H groups in total. The smallest absolute Gasteiger partial charge is 0.408 e. The van der Waals surface area contributed by atoms with Gasteiger partial charge in [-0.25, -0.2) is 4.79 Å². The summed E-state index contributed by atoms with van der Waals surface area (Å²) in [5.41, 5.74) is -0.778. The molecule has 6 atom stereocenters. The number of fused-ring (bicyclic) bond motifs is 1. The summed E-state index contributed by atoms with van der Waals surface area (Å²) in [5, 5.41) is 16.5. The highest BCUT2D eigenvalue weighted by molar-refractivity contribution is 5.93. The van der Waals surface area contributed by atoms with E-state index in [9.17, 15) is 24.3 Å². The average Bonchev–Trinajstić information content (AvgIpc) is 3.15. The van der Waals surface area contributed by atoms with Gasteiger partial charge in [-0.1, -0.05) is 52.4 Å². The van der Waals surface area contributed by atoms with Gasteiger partial charge in [0.2, 0.25) is 11.8 Å². The first-order valence-electron chi connectivity index (χ1n) is 15.0. The summed E-state index contributed by atoms with van der Waals surface area (Å²) in [4.78, 5) is 54.6. The van der Waals surface area contributed by atoms with Crippen molar-refractivity contribution in [3.05, 3.63) is 0 Å².